The van der Waals surface area contributed by atoms with Crippen LogP contribution in [0, 0.1) is 6.92 Å². The van der Waals surface area contributed by atoms with E-state index in [-0.39, 0.29) is 0 Å². The molecule has 1 N–H and O–H groups in total. The van der Waals surface area contributed by atoms with E-state index in [0.29, 0.717) is 13.0 Å². The number of carbonyl (C=O) groups is 1. The summed E-state index contributed by atoms with van der Waals surface area (Å²) in [7, 11) is 0. The number of hydrogen-bond acceptors (Lipinski definition) is 4. The maximum absolute atomic E-state index is 11.6. The fourth-order valence-corrected chi connectivity index (χ4v) is 2.89. The summed E-state index contributed by atoms with van der Waals surface area (Å²) < 4.78 is 5.19. The van der Waals surface area contributed by atoms with Gasteiger partial charge in [-0.05, 0) is 32.7 Å². The minimum Gasteiger partial charge on any atom is -0.480 e. The van der Waals surface area contributed by atoms with Gasteiger partial charge in [0.2, 0.25) is 0 Å². The van der Waals surface area contributed by atoms with Crippen molar-refractivity contribution < 1.29 is 14.4 Å². The van der Waals surface area contributed by atoms with Crippen molar-refractivity contribution in [3.8, 4) is 0 Å². The molecule has 1 aromatic rings. The van der Waals surface area contributed by atoms with Crippen LogP contribution in [0.5, 0.6) is 0 Å². The average Bonchev–Trinajstić information content (AvgIpc) is 2.88. The van der Waals surface area contributed by atoms with Crippen LogP contribution in [0.1, 0.15) is 44.1 Å². The Morgan fingerprint density at radius 2 is 2.44 bits per heavy atom. The molecule has 0 saturated carbocycles. The number of aromatic nitrogens is 1. The quantitative estimate of drug-likeness (QED) is 0.870. The molecule has 1 aliphatic rings. The first kappa shape index (κ1) is 13.1. The van der Waals surface area contributed by atoms with Gasteiger partial charge in [0.15, 0.2) is 5.76 Å². The van der Waals surface area contributed by atoms with Crippen molar-refractivity contribution in [2.45, 2.75) is 51.6 Å². The number of aryl methyl sites for hydroxylation is 1. The fraction of sp³-hybridized carbons (Fsp3) is 0.692. The molecule has 1 unspecified atom stereocenters. The highest BCUT2D eigenvalue weighted by atomic mass is 16.5. The predicted molar refractivity (Wildman–Crippen MR) is 66.2 cm³/mol. The van der Waals surface area contributed by atoms with Gasteiger partial charge in [0.05, 0.1) is 12.2 Å². The molecule has 1 saturated heterocycles. The molecule has 5 nitrogen and oxygen atoms in total. The highest BCUT2D eigenvalue weighted by Crippen LogP contribution is 2.35. The summed E-state index contributed by atoms with van der Waals surface area (Å²) in [6.07, 6.45) is 3.22. The first-order chi connectivity index (χ1) is 8.58. The van der Waals surface area contributed by atoms with Crippen molar-refractivity contribution in [2.24, 2.45) is 0 Å². The van der Waals surface area contributed by atoms with Crippen molar-refractivity contribution >= 4 is 5.97 Å². The SMILES string of the molecule is CCCC1(C(=O)O)CCCN1Cc1cc(C)no1. The minimum absolute atomic E-state index is 0.535. The topological polar surface area (TPSA) is 66.6 Å². The van der Waals surface area contributed by atoms with Gasteiger partial charge < -0.3 is 9.63 Å². The van der Waals surface area contributed by atoms with Crippen LogP contribution in [0.2, 0.25) is 0 Å². The molecular formula is C13H20N2O3. The van der Waals surface area contributed by atoms with Crippen molar-refractivity contribution in [3.05, 3.63) is 17.5 Å². The summed E-state index contributed by atoms with van der Waals surface area (Å²) in [5.41, 5.74) is 0.121. The number of hydrogen-bond donors (Lipinski definition) is 1. The lowest BCUT2D eigenvalue weighted by atomic mass is 9.90. The Morgan fingerprint density at radius 3 is 3.00 bits per heavy atom. The maximum atomic E-state index is 11.6. The number of likely N-dealkylation sites (tertiary alicyclic amines) is 1. The van der Waals surface area contributed by atoms with Gasteiger partial charge in [0.25, 0.3) is 0 Å². The number of rotatable bonds is 5. The highest BCUT2D eigenvalue weighted by molar-refractivity contribution is 5.79. The molecule has 5 heteroatoms. The Balaban J connectivity index is 2.17. The fourth-order valence-electron chi connectivity index (χ4n) is 2.89. The number of nitrogens with zero attached hydrogens (tertiary/aromatic N) is 2. The Labute approximate surface area is 107 Å². The van der Waals surface area contributed by atoms with E-state index in [1.807, 2.05) is 24.8 Å². The Hall–Kier alpha value is -1.36. The minimum atomic E-state index is -0.713. The second-order valence-electron chi connectivity index (χ2n) is 5.05. The summed E-state index contributed by atoms with van der Waals surface area (Å²) >= 11 is 0. The van der Waals surface area contributed by atoms with Crippen LogP contribution in [0.15, 0.2) is 10.6 Å². The van der Waals surface area contributed by atoms with Crippen molar-refractivity contribution in [3.63, 3.8) is 0 Å². The molecule has 1 atom stereocenters. The van der Waals surface area contributed by atoms with Crippen molar-refractivity contribution in [2.75, 3.05) is 6.54 Å². The van der Waals surface area contributed by atoms with Crippen LogP contribution in [0.25, 0.3) is 0 Å². The average molecular weight is 252 g/mol. The monoisotopic (exact) mass is 252 g/mol. The third-order valence-electron chi connectivity index (χ3n) is 3.71. The number of aliphatic carboxylic acids is 1. The third kappa shape index (κ3) is 2.27. The Bertz CT molecular complexity index is 430. The van der Waals surface area contributed by atoms with Crippen molar-refractivity contribution in [1.82, 2.24) is 10.1 Å². The van der Waals surface area contributed by atoms with Crippen LogP contribution in [-0.2, 0) is 11.3 Å². The lowest BCUT2D eigenvalue weighted by molar-refractivity contribution is -0.150. The van der Waals surface area contributed by atoms with E-state index in [1.165, 1.54) is 0 Å². The molecule has 1 aliphatic heterocycles. The Morgan fingerprint density at radius 1 is 1.67 bits per heavy atom. The highest BCUT2D eigenvalue weighted by Gasteiger charge is 2.46. The van der Waals surface area contributed by atoms with Gasteiger partial charge in [-0.3, -0.25) is 9.69 Å². The molecule has 0 amide bonds. The summed E-state index contributed by atoms with van der Waals surface area (Å²) in [5.74, 6) is 0.0363. The standard InChI is InChI=1S/C13H20N2O3/c1-3-5-13(12(16)17)6-4-7-15(13)9-11-8-10(2)14-18-11/h8H,3-7,9H2,1-2H3,(H,16,17). The largest absolute Gasteiger partial charge is 0.480 e. The van der Waals surface area contributed by atoms with Crippen LogP contribution in [0.4, 0.5) is 0 Å². The molecular weight excluding hydrogens is 232 g/mol. The zero-order chi connectivity index (χ0) is 13.2. The molecule has 1 aromatic heterocycles. The van der Waals surface area contributed by atoms with Crippen molar-refractivity contribution in [1.29, 1.82) is 0 Å². The van der Waals surface area contributed by atoms with E-state index >= 15 is 0 Å². The molecule has 1 fully saturated rings. The van der Waals surface area contributed by atoms with E-state index in [1.54, 1.807) is 0 Å². The second kappa shape index (κ2) is 5.10. The number of carboxylic acid groups (broad SMARTS) is 1. The molecule has 0 aliphatic carbocycles. The van der Waals surface area contributed by atoms with Gasteiger partial charge in [0.1, 0.15) is 5.54 Å². The first-order valence-electron chi connectivity index (χ1n) is 6.49. The summed E-state index contributed by atoms with van der Waals surface area (Å²) in [4.78, 5) is 13.7. The van der Waals surface area contributed by atoms with Crippen LogP contribution in [0.3, 0.4) is 0 Å². The molecule has 0 bridgehead atoms. The van der Waals surface area contributed by atoms with Gasteiger partial charge in [-0.1, -0.05) is 18.5 Å². The lowest BCUT2D eigenvalue weighted by Crippen LogP contribution is -2.49. The van der Waals surface area contributed by atoms with E-state index in [9.17, 15) is 9.90 Å². The smallest absolute Gasteiger partial charge is 0.324 e. The number of carboxylic acids is 1. The molecule has 0 aromatic carbocycles. The third-order valence-corrected chi connectivity index (χ3v) is 3.71. The van der Waals surface area contributed by atoms with Crippen LogP contribution >= 0.6 is 0 Å². The lowest BCUT2D eigenvalue weighted by Gasteiger charge is -2.33. The van der Waals surface area contributed by atoms with E-state index in [4.69, 9.17) is 4.52 Å². The van der Waals surface area contributed by atoms with E-state index in [0.717, 1.165) is 37.3 Å². The molecule has 2 rings (SSSR count). The predicted octanol–water partition coefficient (Wildman–Crippen LogP) is 2.20. The molecule has 100 valence electrons. The van der Waals surface area contributed by atoms with Gasteiger partial charge in [-0.15, -0.1) is 0 Å². The first-order valence-corrected chi connectivity index (χ1v) is 6.49. The van der Waals surface area contributed by atoms with Crippen LogP contribution < -0.4 is 0 Å². The molecule has 2 heterocycles. The zero-order valence-corrected chi connectivity index (χ0v) is 11.0. The van der Waals surface area contributed by atoms with Crippen LogP contribution in [-0.4, -0.2) is 33.2 Å². The van der Waals surface area contributed by atoms with Gasteiger partial charge in [-0.25, -0.2) is 0 Å². The zero-order valence-electron chi connectivity index (χ0n) is 11.0. The summed E-state index contributed by atoms with van der Waals surface area (Å²) in [5, 5.41) is 13.4. The van der Waals surface area contributed by atoms with Gasteiger partial charge in [0, 0.05) is 6.07 Å². The molecule has 18 heavy (non-hydrogen) atoms. The molecule has 0 radical (unpaired) electrons. The summed E-state index contributed by atoms with van der Waals surface area (Å²) in [6.45, 7) is 5.24. The molecule has 0 spiro atoms. The second-order valence-corrected chi connectivity index (χ2v) is 5.05. The summed E-state index contributed by atoms with van der Waals surface area (Å²) in [6, 6.07) is 1.87. The van der Waals surface area contributed by atoms with E-state index < -0.39 is 11.5 Å². The Kier molecular flexibility index (Phi) is 3.71. The normalized spacial score (nSPS) is 24.6. The van der Waals surface area contributed by atoms with Gasteiger partial charge in [-0.2, -0.15) is 0 Å². The van der Waals surface area contributed by atoms with E-state index in [2.05, 4.69) is 5.16 Å². The maximum Gasteiger partial charge on any atom is 0.324 e. The van der Waals surface area contributed by atoms with Gasteiger partial charge >= 0.3 is 5.97 Å².